The van der Waals surface area contributed by atoms with Crippen molar-refractivity contribution in [3.05, 3.63) is 53.6 Å². The maximum absolute atomic E-state index is 12.0. The van der Waals surface area contributed by atoms with E-state index >= 15 is 0 Å². The lowest BCUT2D eigenvalue weighted by Gasteiger charge is -2.52. The van der Waals surface area contributed by atoms with Crippen LogP contribution in [-0.2, 0) is 29.3 Å². The summed E-state index contributed by atoms with van der Waals surface area (Å²) in [5.41, 5.74) is 0.811. The second kappa shape index (κ2) is 16.9. The molecule has 4 heterocycles. The van der Waals surface area contributed by atoms with E-state index in [2.05, 4.69) is 22.8 Å². The van der Waals surface area contributed by atoms with Gasteiger partial charge >= 0.3 is 0 Å². The normalized spacial score (nSPS) is 25.4. The summed E-state index contributed by atoms with van der Waals surface area (Å²) < 4.78 is 30.2. The molecule has 0 spiro atoms. The molecular weight excluding hydrogens is 630 g/mol. The average molecular weight is 685 g/mol. The fourth-order valence-electron chi connectivity index (χ4n) is 8.13. The molecule has 5 N–H and O–H groups in total. The van der Waals surface area contributed by atoms with Crippen LogP contribution in [0.3, 0.4) is 0 Å². The van der Waals surface area contributed by atoms with Crippen LogP contribution in [0.4, 0.5) is 5.69 Å². The minimum atomic E-state index is -0.933. The SMILES string of the molecule is O=C1COc2c(cc(O)cc2[C@@H](O)CNCCOCCOCOCC[N+]23CCC(CC2)[C@@H](OC[C@@](O)(c2ccccc2)C2CCCC2)C3)N1. The molecule has 12 heteroatoms. The minimum Gasteiger partial charge on any atom is -0.508 e. The molecule has 1 amide bonds. The molecule has 2 bridgehead atoms. The molecule has 7 rings (SSSR count). The highest BCUT2D eigenvalue weighted by Gasteiger charge is 2.48. The second-order valence-electron chi connectivity index (χ2n) is 14.2. The van der Waals surface area contributed by atoms with Gasteiger partial charge in [0.1, 0.15) is 43.1 Å². The number of nitrogens with one attached hydrogen (secondary N) is 2. The Bertz CT molecular complexity index is 1350. The van der Waals surface area contributed by atoms with Gasteiger partial charge in [0.25, 0.3) is 5.91 Å². The van der Waals surface area contributed by atoms with Crippen LogP contribution in [0.25, 0.3) is 0 Å². The summed E-state index contributed by atoms with van der Waals surface area (Å²) in [6.45, 7) is 7.33. The van der Waals surface area contributed by atoms with Gasteiger partial charge in [-0.25, -0.2) is 0 Å². The van der Waals surface area contributed by atoms with Gasteiger partial charge in [0.15, 0.2) is 6.61 Å². The number of anilines is 1. The third-order valence-electron chi connectivity index (χ3n) is 11.0. The third-order valence-corrected chi connectivity index (χ3v) is 11.0. The Labute approximate surface area is 289 Å². The zero-order valence-electron chi connectivity index (χ0n) is 28.5. The quantitative estimate of drug-likeness (QED) is 0.0850. The number of hydrogen-bond donors (Lipinski definition) is 5. The Morgan fingerprint density at radius 1 is 1.00 bits per heavy atom. The van der Waals surface area contributed by atoms with E-state index in [-0.39, 0.29) is 43.6 Å². The third kappa shape index (κ3) is 9.11. The molecule has 3 saturated heterocycles. The Morgan fingerprint density at radius 2 is 1.76 bits per heavy atom. The van der Waals surface area contributed by atoms with Gasteiger partial charge in [0.2, 0.25) is 0 Å². The molecule has 0 aromatic heterocycles. The van der Waals surface area contributed by atoms with Gasteiger partial charge in [-0.3, -0.25) is 4.79 Å². The maximum atomic E-state index is 12.0. The molecule has 2 aromatic rings. The summed E-state index contributed by atoms with van der Waals surface area (Å²) in [4.78, 5) is 11.6. The van der Waals surface area contributed by atoms with Crippen LogP contribution in [0.2, 0.25) is 0 Å². The smallest absolute Gasteiger partial charge is 0.262 e. The number of hydrogen-bond acceptors (Lipinski definition) is 10. The number of phenolic OH excluding ortho intramolecular Hbond substituents is 1. The van der Waals surface area contributed by atoms with Crippen molar-refractivity contribution in [2.24, 2.45) is 11.8 Å². The number of nitrogens with zero attached hydrogens (tertiary/aromatic N) is 1. The van der Waals surface area contributed by atoms with E-state index in [1.165, 1.54) is 25.0 Å². The summed E-state index contributed by atoms with van der Waals surface area (Å²) >= 11 is 0. The zero-order chi connectivity index (χ0) is 34.1. The van der Waals surface area contributed by atoms with E-state index in [0.29, 0.717) is 62.5 Å². The summed E-state index contributed by atoms with van der Waals surface area (Å²) in [7, 11) is 0. The molecule has 2 aromatic carbocycles. The van der Waals surface area contributed by atoms with Crippen LogP contribution < -0.4 is 15.4 Å². The minimum absolute atomic E-state index is 0.0623. The Kier molecular flexibility index (Phi) is 12.4. The van der Waals surface area contributed by atoms with Gasteiger partial charge in [0.05, 0.1) is 57.9 Å². The average Bonchev–Trinajstić information content (AvgIpc) is 3.67. The van der Waals surface area contributed by atoms with Crippen LogP contribution in [0.5, 0.6) is 11.5 Å². The van der Waals surface area contributed by atoms with Gasteiger partial charge in [0, 0.05) is 43.5 Å². The largest absolute Gasteiger partial charge is 0.508 e. The molecule has 270 valence electrons. The lowest BCUT2D eigenvalue weighted by atomic mass is 9.80. The van der Waals surface area contributed by atoms with E-state index in [1.807, 2.05) is 18.2 Å². The molecule has 4 fully saturated rings. The first-order valence-electron chi connectivity index (χ1n) is 18.0. The van der Waals surface area contributed by atoms with Gasteiger partial charge in [-0.2, -0.15) is 0 Å². The fraction of sp³-hybridized carbons (Fsp3) is 0.649. The maximum Gasteiger partial charge on any atom is 0.262 e. The number of benzene rings is 2. The molecule has 4 aliphatic heterocycles. The topological polar surface area (TPSA) is 148 Å². The molecule has 3 atom stereocenters. The van der Waals surface area contributed by atoms with Crippen LogP contribution in [-0.4, -0.2) is 118 Å². The first kappa shape index (κ1) is 36.0. The van der Waals surface area contributed by atoms with Gasteiger partial charge < -0.3 is 54.1 Å². The van der Waals surface area contributed by atoms with Crippen molar-refractivity contribution in [1.29, 1.82) is 0 Å². The molecular formula is C37H54N3O9+. The molecule has 5 aliphatic rings. The van der Waals surface area contributed by atoms with Crippen LogP contribution in [0, 0.1) is 11.8 Å². The standard InChI is InChI=1S/C37H53N3O9/c41-30-20-31(36-32(21-30)39-35(43)24-48-36)33(42)22-38-12-16-45-18-19-47-26-46-17-15-40-13-10-27(11-14-40)34(23-40)49-25-37(44,29-8-4-5-9-29)28-6-2-1-3-7-28/h1-3,6-7,20-21,27,29,33-34,38,42,44H,4-5,8-19,22-26H2,(H-,39,41,43)/p+1/t27?,33-,34-,37+,40?/m0/s1. The van der Waals surface area contributed by atoms with Crippen LogP contribution in [0.15, 0.2) is 42.5 Å². The molecule has 49 heavy (non-hydrogen) atoms. The number of phenols is 1. The van der Waals surface area contributed by atoms with Gasteiger partial charge in [-0.1, -0.05) is 43.2 Å². The number of ether oxygens (including phenoxy) is 5. The number of carbonyl (C=O) groups excluding carboxylic acids is 1. The number of carbonyl (C=O) groups is 1. The van der Waals surface area contributed by atoms with Crippen LogP contribution >= 0.6 is 0 Å². The number of piperidine rings is 3. The summed E-state index contributed by atoms with van der Waals surface area (Å²) in [6, 6.07) is 13.0. The van der Waals surface area contributed by atoms with Crippen molar-refractivity contribution >= 4 is 11.6 Å². The van der Waals surface area contributed by atoms with Gasteiger partial charge in [-0.05, 0) is 30.4 Å². The van der Waals surface area contributed by atoms with E-state index in [9.17, 15) is 20.1 Å². The van der Waals surface area contributed by atoms with Crippen molar-refractivity contribution in [2.45, 2.75) is 56.3 Å². The van der Waals surface area contributed by atoms with Crippen molar-refractivity contribution in [1.82, 2.24) is 5.32 Å². The zero-order valence-corrected chi connectivity index (χ0v) is 28.5. The number of fused-ring (bicyclic) bond motifs is 4. The van der Waals surface area contributed by atoms with Crippen molar-refractivity contribution in [2.75, 3.05) is 91.0 Å². The van der Waals surface area contributed by atoms with E-state index < -0.39 is 11.7 Å². The Hall–Kier alpha value is -2.81. The van der Waals surface area contributed by atoms with Crippen molar-refractivity contribution < 1.29 is 48.3 Å². The predicted molar refractivity (Wildman–Crippen MR) is 182 cm³/mol. The predicted octanol–water partition coefficient (Wildman–Crippen LogP) is 3.06. The molecule has 0 radical (unpaired) electrons. The highest BCUT2D eigenvalue weighted by atomic mass is 16.7. The van der Waals surface area contributed by atoms with Crippen LogP contribution in [0.1, 0.15) is 55.8 Å². The summed E-state index contributed by atoms with van der Waals surface area (Å²) in [5.74, 6) is 0.816. The number of amides is 1. The number of aliphatic hydroxyl groups excluding tert-OH is 1. The number of rotatable bonds is 19. The fourth-order valence-corrected chi connectivity index (χ4v) is 8.13. The number of aromatic hydroxyl groups is 1. The highest BCUT2D eigenvalue weighted by Crippen LogP contribution is 2.43. The molecule has 12 nitrogen and oxygen atoms in total. The highest BCUT2D eigenvalue weighted by molar-refractivity contribution is 5.96. The van der Waals surface area contributed by atoms with Gasteiger partial charge in [-0.15, -0.1) is 0 Å². The molecule has 1 saturated carbocycles. The van der Waals surface area contributed by atoms with E-state index in [4.69, 9.17) is 23.7 Å². The monoisotopic (exact) mass is 684 g/mol. The first-order valence-corrected chi connectivity index (χ1v) is 18.0. The second-order valence-corrected chi connectivity index (χ2v) is 14.2. The molecule has 0 unspecified atom stereocenters. The number of quaternary nitrogens is 1. The Balaban J connectivity index is 0.829. The summed E-state index contributed by atoms with van der Waals surface area (Å²) in [5, 5.41) is 38.3. The van der Waals surface area contributed by atoms with Crippen molar-refractivity contribution in [3.8, 4) is 11.5 Å². The number of aliphatic hydroxyl groups is 2. The van der Waals surface area contributed by atoms with E-state index in [0.717, 1.165) is 61.9 Å². The van der Waals surface area contributed by atoms with Crippen molar-refractivity contribution in [3.63, 3.8) is 0 Å². The van der Waals surface area contributed by atoms with E-state index in [1.54, 1.807) is 0 Å². The first-order chi connectivity index (χ1) is 23.9. The molecule has 1 aliphatic carbocycles. The summed E-state index contributed by atoms with van der Waals surface area (Å²) in [6.07, 6.45) is 6.02. The Morgan fingerprint density at radius 3 is 2.55 bits per heavy atom. The lowest BCUT2D eigenvalue weighted by molar-refractivity contribution is -0.946. The lowest BCUT2D eigenvalue weighted by Crippen LogP contribution is -2.65.